The Hall–Kier alpha value is -2.51. The number of aliphatic hydroxyl groups is 1. The van der Waals surface area contributed by atoms with E-state index in [1.807, 2.05) is 12.1 Å². The number of hydrogen-bond donors (Lipinski definition) is 2. The molecule has 1 atom stereocenters. The number of anilines is 1. The number of aromatic nitrogens is 1. The smallest absolute Gasteiger partial charge is 0.253 e. The first kappa shape index (κ1) is 19.3. The van der Waals surface area contributed by atoms with Crippen molar-refractivity contribution in [2.75, 3.05) is 38.1 Å². The van der Waals surface area contributed by atoms with Crippen LogP contribution in [0.4, 0.5) is 10.2 Å². The fourth-order valence-corrected chi connectivity index (χ4v) is 3.19. The molecule has 7 heteroatoms. The second-order valence-electron chi connectivity index (χ2n) is 6.80. The number of amides is 1. The van der Waals surface area contributed by atoms with Gasteiger partial charge in [0.2, 0.25) is 0 Å². The van der Waals surface area contributed by atoms with E-state index in [0.29, 0.717) is 5.56 Å². The maximum absolute atomic E-state index is 13.0. The van der Waals surface area contributed by atoms with E-state index >= 15 is 0 Å². The Morgan fingerprint density at radius 1 is 1.22 bits per heavy atom. The summed E-state index contributed by atoms with van der Waals surface area (Å²) in [6.07, 6.45) is 1.47. The number of nitrogens with one attached hydrogen (secondary N) is 1. The molecule has 2 N–H and O–H groups in total. The predicted octanol–water partition coefficient (Wildman–Crippen LogP) is 1.71. The molecule has 0 unspecified atom stereocenters. The molecule has 1 saturated heterocycles. The van der Waals surface area contributed by atoms with Gasteiger partial charge in [0, 0.05) is 37.9 Å². The van der Waals surface area contributed by atoms with Crippen molar-refractivity contribution in [3.8, 4) is 0 Å². The van der Waals surface area contributed by atoms with Gasteiger partial charge in [0.1, 0.15) is 11.6 Å². The SMILES string of the molecule is CN1CCCN(c2ncccc2CNC(=O)[C@H](O)c2ccc(F)cc2)CC1. The maximum atomic E-state index is 13.0. The molecular weight excluding hydrogens is 347 g/mol. The number of halogens is 1. The molecule has 1 aromatic carbocycles. The van der Waals surface area contributed by atoms with Gasteiger partial charge < -0.3 is 20.2 Å². The minimum Gasteiger partial charge on any atom is -0.378 e. The zero-order chi connectivity index (χ0) is 19.2. The van der Waals surface area contributed by atoms with E-state index in [9.17, 15) is 14.3 Å². The van der Waals surface area contributed by atoms with Gasteiger partial charge in [-0.25, -0.2) is 9.37 Å². The summed E-state index contributed by atoms with van der Waals surface area (Å²) >= 11 is 0. The molecule has 0 saturated carbocycles. The molecule has 3 rings (SSSR count). The summed E-state index contributed by atoms with van der Waals surface area (Å²) in [5, 5.41) is 12.9. The fraction of sp³-hybridized carbons (Fsp3) is 0.400. The number of hydrogen-bond acceptors (Lipinski definition) is 5. The molecule has 0 radical (unpaired) electrons. The number of pyridine rings is 1. The molecule has 27 heavy (non-hydrogen) atoms. The quantitative estimate of drug-likeness (QED) is 0.836. The highest BCUT2D eigenvalue weighted by Gasteiger charge is 2.20. The van der Waals surface area contributed by atoms with Gasteiger partial charge in [-0.2, -0.15) is 0 Å². The van der Waals surface area contributed by atoms with E-state index in [1.54, 1.807) is 6.20 Å². The molecular formula is C20H25FN4O2. The summed E-state index contributed by atoms with van der Waals surface area (Å²) in [4.78, 5) is 21.3. The van der Waals surface area contributed by atoms with Gasteiger partial charge >= 0.3 is 0 Å². The Morgan fingerprint density at radius 2 is 2.00 bits per heavy atom. The third-order valence-electron chi connectivity index (χ3n) is 4.77. The van der Waals surface area contributed by atoms with Gasteiger partial charge in [-0.3, -0.25) is 4.79 Å². The molecule has 0 spiro atoms. The van der Waals surface area contributed by atoms with Gasteiger partial charge in [-0.1, -0.05) is 18.2 Å². The van der Waals surface area contributed by atoms with Crippen molar-refractivity contribution in [3.63, 3.8) is 0 Å². The number of rotatable bonds is 5. The lowest BCUT2D eigenvalue weighted by Gasteiger charge is -2.24. The molecule has 2 heterocycles. The van der Waals surface area contributed by atoms with Gasteiger partial charge in [-0.05, 0) is 43.8 Å². The lowest BCUT2D eigenvalue weighted by molar-refractivity contribution is -0.129. The van der Waals surface area contributed by atoms with Crippen LogP contribution in [0.25, 0.3) is 0 Å². The summed E-state index contributed by atoms with van der Waals surface area (Å²) in [6.45, 7) is 4.09. The van der Waals surface area contributed by atoms with Crippen LogP contribution in [0.1, 0.15) is 23.7 Å². The van der Waals surface area contributed by atoms with E-state index in [2.05, 4.69) is 27.1 Å². The number of nitrogens with zero attached hydrogens (tertiary/aromatic N) is 3. The van der Waals surface area contributed by atoms with Crippen molar-refractivity contribution < 1.29 is 14.3 Å². The van der Waals surface area contributed by atoms with E-state index in [-0.39, 0.29) is 6.54 Å². The first-order valence-corrected chi connectivity index (χ1v) is 9.13. The molecule has 6 nitrogen and oxygen atoms in total. The van der Waals surface area contributed by atoms with E-state index in [1.165, 1.54) is 24.3 Å². The van der Waals surface area contributed by atoms with Gasteiger partial charge in [-0.15, -0.1) is 0 Å². The topological polar surface area (TPSA) is 68.7 Å². The second-order valence-corrected chi connectivity index (χ2v) is 6.80. The van der Waals surface area contributed by atoms with E-state index < -0.39 is 17.8 Å². The molecule has 144 valence electrons. The molecule has 1 aromatic heterocycles. The highest BCUT2D eigenvalue weighted by molar-refractivity contribution is 5.82. The normalized spacial score (nSPS) is 16.6. The van der Waals surface area contributed by atoms with E-state index in [4.69, 9.17) is 0 Å². The summed E-state index contributed by atoms with van der Waals surface area (Å²) < 4.78 is 13.0. The predicted molar refractivity (Wildman–Crippen MR) is 102 cm³/mol. The van der Waals surface area contributed by atoms with Crippen molar-refractivity contribution >= 4 is 11.7 Å². The average molecular weight is 372 g/mol. The zero-order valence-corrected chi connectivity index (χ0v) is 15.4. The van der Waals surface area contributed by atoms with Crippen LogP contribution in [-0.2, 0) is 11.3 Å². The number of aliphatic hydroxyl groups excluding tert-OH is 1. The van der Waals surface area contributed by atoms with Crippen LogP contribution in [-0.4, -0.2) is 54.1 Å². The molecule has 1 aliphatic heterocycles. The summed E-state index contributed by atoms with van der Waals surface area (Å²) in [5.41, 5.74) is 1.26. The van der Waals surface area contributed by atoms with Crippen molar-refractivity contribution in [2.45, 2.75) is 19.1 Å². The highest BCUT2D eigenvalue weighted by atomic mass is 19.1. The highest BCUT2D eigenvalue weighted by Crippen LogP contribution is 2.20. The first-order chi connectivity index (χ1) is 13.0. The summed E-state index contributed by atoms with van der Waals surface area (Å²) in [6, 6.07) is 9.03. The Kier molecular flexibility index (Phi) is 6.36. The fourth-order valence-electron chi connectivity index (χ4n) is 3.19. The summed E-state index contributed by atoms with van der Waals surface area (Å²) in [5.74, 6) is -0.0640. The van der Waals surface area contributed by atoms with Crippen molar-refractivity contribution in [3.05, 3.63) is 59.5 Å². The van der Waals surface area contributed by atoms with E-state index in [0.717, 1.165) is 44.0 Å². The lowest BCUT2D eigenvalue weighted by atomic mass is 10.1. The standard InChI is InChI=1S/C20H25FN4O2/c1-24-10-3-11-25(13-12-24)19-16(4-2-9-22-19)14-23-20(27)18(26)15-5-7-17(21)8-6-15/h2,4-9,18,26H,3,10-14H2,1H3,(H,23,27)/t18-/m1/s1. The summed E-state index contributed by atoms with van der Waals surface area (Å²) in [7, 11) is 2.11. The molecule has 2 aromatic rings. The number of likely N-dealkylation sites (N-methyl/N-ethyl adjacent to an activating group) is 1. The molecule has 0 bridgehead atoms. The van der Waals surface area contributed by atoms with Gasteiger partial charge in [0.15, 0.2) is 6.10 Å². The third-order valence-corrected chi connectivity index (χ3v) is 4.77. The molecule has 1 fully saturated rings. The molecule has 1 aliphatic rings. The third kappa shape index (κ3) is 5.02. The number of carbonyl (C=O) groups excluding carboxylic acids is 1. The van der Waals surface area contributed by atoms with Crippen molar-refractivity contribution in [2.24, 2.45) is 0 Å². The minimum atomic E-state index is -1.34. The maximum Gasteiger partial charge on any atom is 0.253 e. The average Bonchev–Trinajstić information content (AvgIpc) is 2.91. The van der Waals surface area contributed by atoms with Gasteiger partial charge in [0.25, 0.3) is 5.91 Å². The Labute approximate surface area is 158 Å². The van der Waals surface area contributed by atoms with Gasteiger partial charge in [0.05, 0.1) is 0 Å². The van der Waals surface area contributed by atoms with Crippen LogP contribution in [0.2, 0.25) is 0 Å². The zero-order valence-electron chi connectivity index (χ0n) is 15.4. The van der Waals surface area contributed by atoms with Crippen molar-refractivity contribution in [1.82, 2.24) is 15.2 Å². The lowest BCUT2D eigenvalue weighted by Crippen LogP contribution is -2.32. The number of carbonyl (C=O) groups is 1. The van der Waals surface area contributed by atoms with Crippen LogP contribution in [0.5, 0.6) is 0 Å². The van der Waals surface area contributed by atoms with Crippen LogP contribution in [0.15, 0.2) is 42.6 Å². The van der Waals surface area contributed by atoms with Crippen LogP contribution >= 0.6 is 0 Å². The van der Waals surface area contributed by atoms with Crippen LogP contribution in [0.3, 0.4) is 0 Å². The monoisotopic (exact) mass is 372 g/mol. The molecule has 0 aliphatic carbocycles. The minimum absolute atomic E-state index is 0.270. The Balaban J connectivity index is 1.65. The second kappa shape index (κ2) is 8.92. The molecule has 1 amide bonds. The Bertz CT molecular complexity index is 769. The Morgan fingerprint density at radius 3 is 2.78 bits per heavy atom. The van der Waals surface area contributed by atoms with Crippen LogP contribution in [0, 0.1) is 5.82 Å². The van der Waals surface area contributed by atoms with Crippen molar-refractivity contribution in [1.29, 1.82) is 0 Å². The van der Waals surface area contributed by atoms with Crippen LogP contribution < -0.4 is 10.2 Å². The largest absolute Gasteiger partial charge is 0.378 e. The first-order valence-electron chi connectivity index (χ1n) is 9.13. The number of benzene rings is 1.